The number of β-lactam (4-membered cyclic amide) rings is 1. The Morgan fingerprint density at radius 1 is 1.67 bits per heavy atom. The van der Waals surface area contributed by atoms with Gasteiger partial charge in [-0.05, 0) is 0 Å². The van der Waals surface area contributed by atoms with Crippen LogP contribution in [0.3, 0.4) is 0 Å². The molecule has 2 rings (SSSR count). The van der Waals surface area contributed by atoms with Gasteiger partial charge in [0, 0.05) is 5.38 Å². The van der Waals surface area contributed by atoms with Gasteiger partial charge in [-0.2, -0.15) is 8.42 Å². The molecule has 1 aliphatic heterocycles. The van der Waals surface area contributed by atoms with Crippen LogP contribution in [-0.4, -0.2) is 59.0 Å². The Morgan fingerprint density at radius 2 is 2.33 bits per heavy atom. The summed E-state index contributed by atoms with van der Waals surface area (Å²) < 4.78 is 31.4. The maximum absolute atomic E-state index is 12.3. The fourth-order valence-corrected chi connectivity index (χ4v) is 3.44. The molecule has 0 spiro atoms. The third kappa shape index (κ3) is 3.22. The Balaban J connectivity index is 2.21. The van der Waals surface area contributed by atoms with Gasteiger partial charge in [-0.25, -0.2) is 9.29 Å². The molecule has 0 saturated carbocycles. The van der Waals surface area contributed by atoms with Crippen molar-refractivity contribution < 1.29 is 27.4 Å². The van der Waals surface area contributed by atoms with Gasteiger partial charge in [0.1, 0.15) is 18.8 Å². The van der Waals surface area contributed by atoms with E-state index in [9.17, 15) is 18.0 Å². The molecule has 2 atom stereocenters. The highest BCUT2D eigenvalue weighted by Gasteiger charge is 2.52. The van der Waals surface area contributed by atoms with Gasteiger partial charge in [-0.15, -0.1) is 17.9 Å². The molecule has 2 heterocycles. The number of anilines is 1. The van der Waals surface area contributed by atoms with E-state index >= 15 is 0 Å². The van der Waals surface area contributed by atoms with Crippen LogP contribution < -0.4 is 11.1 Å². The first-order valence-corrected chi connectivity index (χ1v) is 8.55. The van der Waals surface area contributed by atoms with Crippen LogP contribution in [-0.2, 0) is 24.7 Å². The van der Waals surface area contributed by atoms with Crippen molar-refractivity contribution >= 4 is 44.3 Å². The molecule has 24 heavy (non-hydrogen) atoms. The molecule has 1 aliphatic rings. The SMILES string of the molecule is C=C[C@H]1[C@H](NC(=O)/C(=N\OC)c2csc(N)n2)C(=O)N1S(=O)(=O)O. The van der Waals surface area contributed by atoms with E-state index in [2.05, 4.69) is 26.9 Å². The Hall–Kier alpha value is -2.51. The molecule has 1 saturated heterocycles. The van der Waals surface area contributed by atoms with Crippen molar-refractivity contribution in [2.45, 2.75) is 12.1 Å². The second-order valence-electron chi connectivity index (χ2n) is 4.48. The van der Waals surface area contributed by atoms with Crippen LogP contribution in [0.1, 0.15) is 5.69 Å². The molecule has 130 valence electrons. The van der Waals surface area contributed by atoms with Crippen molar-refractivity contribution in [3.63, 3.8) is 0 Å². The van der Waals surface area contributed by atoms with Gasteiger partial charge in [0.2, 0.25) is 0 Å². The number of thiazole rings is 1. The summed E-state index contributed by atoms with van der Waals surface area (Å²) >= 11 is 1.07. The second-order valence-corrected chi connectivity index (χ2v) is 6.66. The number of hydrogen-bond acceptors (Lipinski definition) is 9. The number of oxime groups is 1. The van der Waals surface area contributed by atoms with Crippen LogP contribution in [0.25, 0.3) is 0 Å². The fourth-order valence-electron chi connectivity index (χ4n) is 2.03. The van der Waals surface area contributed by atoms with Crippen LogP contribution in [0.2, 0.25) is 0 Å². The van der Waals surface area contributed by atoms with Gasteiger partial charge in [-0.1, -0.05) is 11.2 Å². The van der Waals surface area contributed by atoms with E-state index in [4.69, 9.17) is 10.3 Å². The van der Waals surface area contributed by atoms with Crippen molar-refractivity contribution in [2.75, 3.05) is 12.8 Å². The highest BCUT2D eigenvalue weighted by molar-refractivity contribution is 7.84. The Labute approximate surface area is 140 Å². The standard InChI is InChI=1S/C11H13N5O6S2/c1-3-6-8(10(18)16(6)24(19,20)21)14-9(17)7(15-22-2)5-4-23-11(12)13-5/h3-4,6,8H,1H2,2H3,(H2,12,13)(H,14,17)(H,19,20,21)/b15-7-/t6-,8-/m0/s1. The van der Waals surface area contributed by atoms with Gasteiger partial charge >= 0.3 is 10.3 Å². The van der Waals surface area contributed by atoms with Crippen LogP contribution in [0.15, 0.2) is 23.2 Å². The molecule has 1 aromatic rings. The van der Waals surface area contributed by atoms with E-state index < -0.39 is 34.2 Å². The number of carbonyl (C=O) groups is 2. The molecule has 0 radical (unpaired) electrons. The Bertz CT molecular complexity index is 817. The average molecular weight is 375 g/mol. The first-order chi connectivity index (χ1) is 11.2. The summed E-state index contributed by atoms with van der Waals surface area (Å²) in [4.78, 5) is 32.6. The molecule has 1 fully saturated rings. The molecular formula is C11H13N5O6S2. The summed E-state index contributed by atoms with van der Waals surface area (Å²) in [5.74, 6) is -1.84. The van der Waals surface area contributed by atoms with Crippen molar-refractivity contribution in [1.82, 2.24) is 14.6 Å². The summed E-state index contributed by atoms with van der Waals surface area (Å²) in [7, 11) is -3.53. The lowest BCUT2D eigenvalue weighted by atomic mass is 9.98. The maximum atomic E-state index is 12.3. The molecular weight excluding hydrogens is 362 g/mol. The topological polar surface area (TPSA) is 164 Å². The van der Waals surface area contributed by atoms with Crippen LogP contribution >= 0.6 is 11.3 Å². The second kappa shape index (κ2) is 6.54. The molecule has 1 aromatic heterocycles. The number of nitrogens with one attached hydrogen (secondary N) is 1. The molecule has 0 aromatic carbocycles. The number of amides is 2. The third-order valence-corrected chi connectivity index (χ3v) is 4.63. The number of nitrogens with two attached hydrogens (primary N) is 1. The number of nitrogens with zero attached hydrogens (tertiary/aromatic N) is 3. The summed E-state index contributed by atoms with van der Waals surface area (Å²) in [5.41, 5.74) is 5.38. The lowest BCUT2D eigenvalue weighted by Gasteiger charge is -2.42. The smallest absolute Gasteiger partial charge is 0.362 e. The summed E-state index contributed by atoms with van der Waals surface area (Å²) in [6.45, 7) is 3.38. The van der Waals surface area contributed by atoms with Crippen LogP contribution in [0.5, 0.6) is 0 Å². The third-order valence-electron chi connectivity index (χ3n) is 3.03. The Kier molecular flexibility index (Phi) is 4.86. The van der Waals surface area contributed by atoms with Crippen LogP contribution in [0, 0.1) is 0 Å². The van der Waals surface area contributed by atoms with Crippen molar-refractivity contribution in [3.8, 4) is 0 Å². The molecule has 0 bridgehead atoms. The highest BCUT2D eigenvalue weighted by atomic mass is 32.2. The van der Waals surface area contributed by atoms with Gasteiger partial charge in [-0.3, -0.25) is 14.1 Å². The zero-order valence-electron chi connectivity index (χ0n) is 12.2. The van der Waals surface area contributed by atoms with E-state index in [1.54, 1.807) is 0 Å². The number of aromatic nitrogens is 1. The predicted octanol–water partition coefficient (Wildman–Crippen LogP) is -1.24. The number of rotatable bonds is 6. The zero-order chi connectivity index (χ0) is 18.1. The fraction of sp³-hybridized carbons (Fsp3) is 0.273. The summed E-state index contributed by atoms with van der Waals surface area (Å²) in [6, 6.07) is -2.35. The predicted molar refractivity (Wildman–Crippen MR) is 84.4 cm³/mol. The molecule has 0 unspecified atom stereocenters. The number of nitrogen functional groups attached to an aromatic ring is 1. The van der Waals surface area contributed by atoms with E-state index in [1.165, 1.54) is 12.5 Å². The maximum Gasteiger partial charge on any atom is 0.362 e. The zero-order valence-corrected chi connectivity index (χ0v) is 13.9. The number of carbonyl (C=O) groups excluding carboxylic acids is 2. The lowest BCUT2D eigenvalue weighted by molar-refractivity contribution is -0.142. The number of hydrogen-bond donors (Lipinski definition) is 3. The summed E-state index contributed by atoms with van der Waals surface area (Å²) in [5, 5.41) is 7.50. The monoisotopic (exact) mass is 375 g/mol. The van der Waals surface area contributed by atoms with Gasteiger partial charge in [0.25, 0.3) is 11.8 Å². The largest absolute Gasteiger partial charge is 0.398 e. The van der Waals surface area contributed by atoms with Crippen molar-refractivity contribution in [3.05, 3.63) is 23.7 Å². The van der Waals surface area contributed by atoms with E-state index in [1.807, 2.05) is 0 Å². The minimum absolute atomic E-state index is 0.130. The first kappa shape index (κ1) is 17.8. The molecule has 4 N–H and O–H groups in total. The minimum atomic E-state index is -4.75. The normalized spacial score (nSPS) is 21.2. The van der Waals surface area contributed by atoms with E-state index in [0.29, 0.717) is 0 Å². The van der Waals surface area contributed by atoms with E-state index in [0.717, 1.165) is 17.4 Å². The van der Waals surface area contributed by atoms with Gasteiger partial charge in [0.15, 0.2) is 10.8 Å². The first-order valence-electron chi connectivity index (χ1n) is 6.27. The molecule has 11 nitrogen and oxygen atoms in total. The van der Waals surface area contributed by atoms with Gasteiger partial charge < -0.3 is 15.9 Å². The minimum Gasteiger partial charge on any atom is -0.398 e. The average Bonchev–Trinajstić information content (AvgIpc) is 2.91. The van der Waals surface area contributed by atoms with Crippen molar-refractivity contribution in [2.24, 2.45) is 5.16 Å². The summed E-state index contributed by atoms with van der Waals surface area (Å²) in [6.07, 6.45) is 1.11. The Morgan fingerprint density at radius 3 is 2.79 bits per heavy atom. The van der Waals surface area contributed by atoms with Gasteiger partial charge in [0.05, 0.1) is 6.04 Å². The lowest BCUT2D eigenvalue weighted by Crippen LogP contribution is -2.71. The van der Waals surface area contributed by atoms with Crippen LogP contribution in [0.4, 0.5) is 5.13 Å². The quantitative estimate of drug-likeness (QED) is 0.183. The van der Waals surface area contributed by atoms with Crippen molar-refractivity contribution in [1.29, 1.82) is 0 Å². The molecule has 13 heteroatoms. The molecule has 2 amide bonds. The van der Waals surface area contributed by atoms with E-state index in [-0.39, 0.29) is 20.8 Å². The highest BCUT2D eigenvalue weighted by Crippen LogP contribution is 2.24. The molecule has 0 aliphatic carbocycles.